The van der Waals surface area contributed by atoms with Gasteiger partial charge in [-0.1, -0.05) is 20.8 Å². The van der Waals surface area contributed by atoms with E-state index in [0.29, 0.717) is 6.61 Å². The molecule has 20 heavy (non-hydrogen) atoms. The zero-order valence-corrected chi connectivity index (χ0v) is 14.6. The second-order valence-electron chi connectivity index (χ2n) is 7.70. The van der Waals surface area contributed by atoms with Crippen LogP contribution in [-0.2, 0) is 18.6 Å². The van der Waals surface area contributed by atoms with Gasteiger partial charge in [0.25, 0.3) is 0 Å². The molecule has 0 saturated carbocycles. The lowest BCUT2D eigenvalue weighted by Crippen LogP contribution is -2.44. The SMILES string of the molecule is CC1(C)O[C@@H]2[C@H](O1)[C@@H](CO[Si](C)(C)C(C)(C)C)O[C@H]2O. The Morgan fingerprint density at radius 2 is 1.70 bits per heavy atom. The number of rotatable bonds is 3. The topological polar surface area (TPSA) is 57.2 Å². The van der Waals surface area contributed by atoms with E-state index in [4.69, 9.17) is 18.6 Å². The Labute approximate surface area is 122 Å². The highest BCUT2D eigenvalue weighted by Gasteiger charge is 2.55. The third-order valence-corrected chi connectivity index (χ3v) is 9.04. The van der Waals surface area contributed by atoms with Gasteiger partial charge in [0.2, 0.25) is 0 Å². The van der Waals surface area contributed by atoms with Gasteiger partial charge in [0.15, 0.2) is 20.4 Å². The molecule has 0 amide bonds. The van der Waals surface area contributed by atoms with Gasteiger partial charge in [-0.05, 0) is 32.0 Å². The monoisotopic (exact) mass is 304 g/mol. The van der Waals surface area contributed by atoms with Crippen LogP contribution in [0.25, 0.3) is 0 Å². The number of fused-ring (bicyclic) bond motifs is 1. The molecule has 2 heterocycles. The Balaban J connectivity index is 1.98. The molecule has 0 unspecified atom stereocenters. The van der Waals surface area contributed by atoms with Crippen molar-refractivity contribution in [2.24, 2.45) is 0 Å². The van der Waals surface area contributed by atoms with Crippen molar-refractivity contribution in [1.29, 1.82) is 0 Å². The normalized spacial score (nSPS) is 37.2. The van der Waals surface area contributed by atoms with Crippen molar-refractivity contribution >= 4 is 8.32 Å². The zero-order valence-electron chi connectivity index (χ0n) is 13.6. The van der Waals surface area contributed by atoms with Crippen molar-refractivity contribution in [3.8, 4) is 0 Å². The molecular weight excluding hydrogens is 276 g/mol. The number of ether oxygens (including phenoxy) is 3. The molecule has 2 rings (SSSR count). The van der Waals surface area contributed by atoms with E-state index < -0.39 is 26.5 Å². The van der Waals surface area contributed by atoms with Gasteiger partial charge in [-0.3, -0.25) is 0 Å². The molecule has 0 aromatic rings. The maximum atomic E-state index is 9.92. The molecule has 118 valence electrons. The van der Waals surface area contributed by atoms with Crippen molar-refractivity contribution in [2.45, 2.75) is 83.1 Å². The highest BCUT2D eigenvalue weighted by Crippen LogP contribution is 2.40. The van der Waals surface area contributed by atoms with E-state index in [-0.39, 0.29) is 17.2 Å². The lowest BCUT2D eigenvalue weighted by molar-refractivity contribution is -0.222. The van der Waals surface area contributed by atoms with Gasteiger partial charge >= 0.3 is 0 Å². The van der Waals surface area contributed by atoms with Crippen molar-refractivity contribution in [2.75, 3.05) is 6.61 Å². The highest BCUT2D eigenvalue weighted by molar-refractivity contribution is 6.74. The minimum atomic E-state index is -1.83. The smallest absolute Gasteiger partial charge is 0.192 e. The van der Waals surface area contributed by atoms with Crippen LogP contribution in [0.2, 0.25) is 18.1 Å². The summed E-state index contributed by atoms with van der Waals surface area (Å²) in [6, 6.07) is 0. The van der Waals surface area contributed by atoms with E-state index in [1.807, 2.05) is 13.8 Å². The minimum absolute atomic E-state index is 0.149. The van der Waals surface area contributed by atoms with Gasteiger partial charge in [-0.25, -0.2) is 0 Å². The second-order valence-corrected chi connectivity index (χ2v) is 12.5. The Bertz CT molecular complexity index is 363. The van der Waals surface area contributed by atoms with E-state index in [9.17, 15) is 5.11 Å². The highest BCUT2D eigenvalue weighted by atomic mass is 28.4. The molecule has 0 spiro atoms. The maximum absolute atomic E-state index is 9.92. The minimum Gasteiger partial charge on any atom is -0.414 e. The van der Waals surface area contributed by atoms with Crippen LogP contribution < -0.4 is 0 Å². The van der Waals surface area contributed by atoms with Crippen molar-refractivity contribution in [3.05, 3.63) is 0 Å². The molecule has 0 aromatic heterocycles. The van der Waals surface area contributed by atoms with E-state index in [1.54, 1.807) is 0 Å². The summed E-state index contributed by atoms with van der Waals surface area (Å²) < 4.78 is 23.2. The molecule has 5 nitrogen and oxygen atoms in total. The first kappa shape index (κ1) is 16.4. The van der Waals surface area contributed by atoms with Crippen LogP contribution in [0.1, 0.15) is 34.6 Å². The lowest BCUT2D eigenvalue weighted by atomic mass is 10.1. The summed E-state index contributed by atoms with van der Waals surface area (Å²) in [6.45, 7) is 15.1. The van der Waals surface area contributed by atoms with E-state index in [2.05, 4.69) is 33.9 Å². The van der Waals surface area contributed by atoms with Crippen LogP contribution in [0.5, 0.6) is 0 Å². The van der Waals surface area contributed by atoms with Gasteiger partial charge in [0.1, 0.15) is 18.3 Å². The molecule has 2 fully saturated rings. The molecule has 2 aliphatic heterocycles. The van der Waals surface area contributed by atoms with Crippen LogP contribution in [0, 0.1) is 0 Å². The summed E-state index contributed by atoms with van der Waals surface area (Å²) >= 11 is 0. The molecule has 0 bridgehead atoms. The van der Waals surface area contributed by atoms with E-state index in [1.165, 1.54) is 0 Å². The molecular formula is C14H28O5Si. The van der Waals surface area contributed by atoms with Crippen molar-refractivity contribution < 1.29 is 23.7 Å². The Morgan fingerprint density at radius 3 is 2.25 bits per heavy atom. The van der Waals surface area contributed by atoms with Gasteiger partial charge in [0, 0.05) is 0 Å². The summed E-state index contributed by atoms with van der Waals surface area (Å²) in [5.41, 5.74) is 0. The average molecular weight is 304 g/mol. The van der Waals surface area contributed by atoms with Gasteiger partial charge in [0.05, 0.1) is 6.61 Å². The van der Waals surface area contributed by atoms with Crippen molar-refractivity contribution in [1.82, 2.24) is 0 Å². The van der Waals surface area contributed by atoms with Gasteiger partial charge < -0.3 is 23.7 Å². The summed E-state index contributed by atoms with van der Waals surface area (Å²) in [5.74, 6) is -0.671. The van der Waals surface area contributed by atoms with Crippen LogP contribution in [0.4, 0.5) is 0 Å². The average Bonchev–Trinajstić information content (AvgIpc) is 2.70. The molecule has 2 saturated heterocycles. The predicted molar refractivity (Wildman–Crippen MR) is 77.9 cm³/mol. The van der Waals surface area contributed by atoms with Crippen LogP contribution in [0.3, 0.4) is 0 Å². The number of hydrogen-bond donors (Lipinski definition) is 1. The van der Waals surface area contributed by atoms with Gasteiger partial charge in [-0.2, -0.15) is 0 Å². The number of aliphatic hydroxyl groups is 1. The van der Waals surface area contributed by atoms with Gasteiger partial charge in [-0.15, -0.1) is 0 Å². The quantitative estimate of drug-likeness (QED) is 0.810. The Morgan fingerprint density at radius 1 is 1.15 bits per heavy atom. The third kappa shape index (κ3) is 3.10. The summed E-state index contributed by atoms with van der Waals surface area (Å²) in [6.07, 6.45) is -1.89. The first-order valence-corrected chi connectivity index (χ1v) is 10.2. The fraction of sp³-hybridized carbons (Fsp3) is 1.00. The van der Waals surface area contributed by atoms with E-state index >= 15 is 0 Å². The first-order chi connectivity index (χ1) is 8.93. The third-order valence-electron chi connectivity index (χ3n) is 4.54. The molecule has 1 N–H and O–H groups in total. The second kappa shape index (κ2) is 5.03. The molecule has 4 atom stereocenters. The Hall–Kier alpha value is 0.0169. The molecule has 0 radical (unpaired) electrons. The predicted octanol–water partition coefficient (Wildman–Crippen LogP) is 2.25. The van der Waals surface area contributed by atoms with Crippen LogP contribution >= 0.6 is 0 Å². The lowest BCUT2D eigenvalue weighted by Gasteiger charge is -2.37. The first-order valence-electron chi connectivity index (χ1n) is 7.26. The fourth-order valence-electron chi connectivity index (χ4n) is 2.30. The van der Waals surface area contributed by atoms with Crippen molar-refractivity contribution in [3.63, 3.8) is 0 Å². The number of aliphatic hydroxyl groups excluding tert-OH is 1. The largest absolute Gasteiger partial charge is 0.414 e. The van der Waals surface area contributed by atoms with Crippen LogP contribution in [0.15, 0.2) is 0 Å². The standard InChI is InChI=1S/C14H28O5Si/c1-13(2,3)20(6,7)16-8-9-10-11(12(15)17-9)19-14(4,5)18-10/h9-12,15H,8H2,1-7H3/t9-,10-,11-,12-/m1/s1. The molecule has 6 heteroatoms. The summed E-state index contributed by atoms with van der Waals surface area (Å²) in [7, 11) is -1.83. The maximum Gasteiger partial charge on any atom is 0.192 e. The molecule has 0 aliphatic carbocycles. The van der Waals surface area contributed by atoms with Crippen LogP contribution in [-0.4, -0.2) is 50.4 Å². The zero-order chi connectivity index (χ0) is 15.3. The fourth-order valence-corrected chi connectivity index (χ4v) is 3.31. The Kier molecular flexibility index (Phi) is 4.13. The molecule has 2 aliphatic rings. The number of hydrogen-bond acceptors (Lipinski definition) is 5. The summed E-state index contributed by atoms with van der Waals surface area (Å²) in [4.78, 5) is 0. The van der Waals surface area contributed by atoms with E-state index in [0.717, 1.165) is 0 Å². The summed E-state index contributed by atoms with van der Waals surface area (Å²) in [5, 5.41) is 10.1. The molecule has 0 aromatic carbocycles.